The summed E-state index contributed by atoms with van der Waals surface area (Å²) in [5.74, 6) is -3.63. The number of hydrogen-bond acceptors (Lipinski definition) is 11. The first-order chi connectivity index (χ1) is 17.0. The van der Waals surface area contributed by atoms with Crippen molar-refractivity contribution in [1.29, 1.82) is 0 Å². The molecule has 0 saturated carbocycles. The quantitative estimate of drug-likeness (QED) is 0.318. The highest BCUT2D eigenvalue weighted by Crippen LogP contribution is 2.30. The van der Waals surface area contributed by atoms with Crippen LogP contribution in [0.2, 0.25) is 0 Å². The van der Waals surface area contributed by atoms with Gasteiger partial charge in [0.1, 0.15) is 18.2 Å². The molecular weight excluding hydrogens is 478 g/mol. The average Bonchev–Trinajstić information content (AvgIpc) is 2.81. The number of hydrogen-bond donors (Lipinski definition) is 2. The Morgan fingerprint density at radius 3 is 1.92 bits per heavy atom. The van der Waals surface area contributed by atoms with Gasteiger partial charge in [-0.25, -0.2) is 4.79 Å². The molecule has 0 radical (unpaired) electrons. The van der Waals surface area contributed by atoms with Crippen molar-refractivity contribution in [2.45, 2.75) is 70.2 Å². The number of esters is 4. The van der Waals surface area contributed by atoms with Gasteiger partial charge in [-0.3, -0.25) is 19.2 Å². The molecule has 1 fully saturated rings. The number of rotatable bonds is 10. The van der Waals surface area contributed by atoms with Gasteiger partial charge in [0.2, 0.25) is 5.91 Å². The van der Waals surface area contributed by atoms with E-state index in [9.17, 15) is 29.1 Å². The van der Waals surface area contributed by atoms with Gasteiger partial charge in [-0.15, -0.1) is 0 Å². The van der Waals surface area contributed by atoms with Crippen molar-refractivity contribution in [3.63, 3.8) is 0 Å². The third-order valence-corrected chi connectivity index (χ3v) is 5.31. The Morgan fingerprint density at radius 2 is 1.42 bits per heavy atom. The van der Waals surface area contributed by atoms with E-state index >= 15 is 0 Å². The van der Waals surface area contributed by atoms with Gasteiger partial charge in [0.25, 0.3) is 0 Å². The summed E-state index contributed by atoms with van der Waals surface area (Å²) in [5, 5.41) is 12.4. The zero-order valence-electron chi connectivity index (χ0n) is 20.5. The number of ether oxygens (including phenoxy) is 5. The summed E-state index contributed by atoms with van der Waals surface area (Å²) in [5.41, 5.74) is 0.777. The first-order valence-corrected chi connectivity index (χ1v) is 11.2. The second-order valence-corrected chi connectivity index (χ2v) is 8.15. The molecule has 0 bridgehead atoms. The molecule has 198 valence electrons. The zero-order chi connectivity index (χ0) is 26.8. The van der Waals surface area contributed by atoms with E-state index in [-0.39, 0.29) is 6.42 Å². The topological polar surface area (TPSA) is 164 Å². The van der Waals surface area contributed by atoms with E-state index in [0.29, 0.717) is 0 Å². The molecule has 1 aliphatic heterocycles. The van der Waals surface area contributed by atoms with E-state index in [2.05, 4.69) is 5.32 Å². The Bertz CT molecular complexity index is 935. The van der Waals surface area contributed by atoms with Crippen molar-refractivity contribution in [3.8, 4) is 0 Å². The predicted octanol–water partition coefficient (Wildman–Crippen LogP) is -0.168. The lowest BCUT2D eigenvalue weighted by Crippen LogP contribution is -2.62. The van der Waals surface area contributed by atoms with Gasteiger partial charge in [0.05, 0.1) is 20.1 Å². The first-order valence-electron chi connectivity index (χ1n) is 11.2. The van der Waals surface area contributed by atoms with Crippen LogP contribution in [0.1, 0.15) is 32.8 Å². The molecule has 0 aromatic heterocycles. The van der Waals surface area contributed by atoms with E-state index < -0.39 is 79.4 Å². The fourth-order valence-electron chi connectivity index (χ4n) is 3.92. The second-order valence-electron chi connectivity index (χ2n) is 8.15. The molecule has 1 heterocycles. The number of benzene rings is 1. The summed E-state index contributed by atoms with van der Waals surface area (Å²) in [6.07, 6.45) is -6.71. The number of nitrogens with one attached hydrogen (secondary N) is 1. The maximum atomic E-state index is 13.0. The molecular formula is C24H31NO11. The van der Waals surface area contributed by atoms with E-state index in [1.807, 2.05) is 6.07 Å². The number of carbonyl (C=O) groups excluding carboxylic acids is 5. The highest BCUT2D eigenvalue weighted by atomic mass is 16.6. The molecule has 1 saturated heterocycles. The third kappa shape index (κ3) is 8.31. The molecule has 2 rings (SSSR count). The highest BCUT2D eigenvalue weighted by molar-refractivity contribution is 5.85. The van der Waals surface area contributed by atoms with Crippen molar-refractivity contribution < 1.29 is 52.8 Å². The van der Waals surface area contributed by atoms with Crippen LogP contribution in [0.3, 0.4) is 0 Å². The third-order valence-electron chi connectivity index (χ3n) is 5.31. The van der Waals surface area contributed by atoms with Crippen LogP contribution in [0.4, 0.5) is 0 Å². The molecule has 36 heavy (non-hydrogen) atoms. The summed E-state index contributed by atoms with van der Waals surface area (Å²) in [4.78, 5) is 60.5. The van der Waals surface area contributed by atoms with Crippen molar-refractivity contribution in [2.24, 2.45) is 0 Å². The Morgan fingerprint density at radius 1 is 0.889 bits per heavy atom. The van der Waals surface area contributed by atoms with Gasteiger partial charge in [-0.05, 0) is 5.56 Å². The van der Waals surface area contributed by atoms with Gasteiger partial charge in [0, 0.05) is 27.2 Å². The molecule has 2 N–H and O–H groups in total. The fourth-order valence-corrected chi connectivity index (χ4v) is 3.92. The number of methoxy groups -OCH3 is 1. The van der Waals surface area contributed by atoms with E-state index in [1.54, 1.807) is 24.3 Å². The van der Waals surface area contributed by atoms with E-state index in [1.165, 1.54) is 7.11 Å². The van der Waals surface area contributed by atoms with Crippen molar-refractivity contribution in [1.82, 2.24) is 5.32 Å². The molecule has 6 unspecified atom stereocenters. The smallest absolute Gasteiger partial charge is 0.328 e. The van der Waals surface area contributed by atoms with Crippen LogP contribution in [-0.4, -0.2) is 85.2 Å². The van der Waals surface area contributed by atoms with Crippen LogP contribution in [-0.2, 0) is 54.1 Å². The molecule has 6 atom stereocenters. The maximum absolute atomic E-state index is 13.0. The largest absolute Gasteiger partial charge is 0.467 e. The molecule has 12 heteroatoms. The van der Waals surface area contributed by atoms with Gasteiger partial charge in [-0.2, -0.15) is 0 Å². The number of aliphatic hydroxyl groups is 1. The summed E-state index contributed by atoms with van der Waals surface area (Å²) in [6, 6.07) is 7.93. The molecule has 1 aromatic rings. The monoisotopic (exact) mass is 509 g/mol. The van der Waals surface area contributed by atoms with E-state index in [0.717, 1.165) is 26.3 Å². The molecule has 0 aliphatic carbocycles. The Hall–Kier alpha value is -3.51. The van der Waals surface area contributed by atoms with Gasteiger partial charge in [0.15, 0.2) is 18.3 Å². The van der Waals surface area contributed by atoms with Crippen LogP contribution in [0.25, 0.3) is 0 Å². The average molecular weight is 510 g/mol. The van der Waals surface area contributed by atoms with Crippen molar-refractivity contribution in [3.05, 3.63) is 35.9 Å². The lowest BCUT2D eigenvalue weighted by Gasteiger charge is -2.44. The zero-order valence-corrected chi connectivity index (χ0v) is 20.5. The molecule has 1 aliphatic rings. The van der Waals surface area contributed by atoms with Gasteiger partial charge in [-0.1, -0.05) is 30.3 Å². The normalized spacial score (nSPS) is 24.1. The SMILES string of the molecule is COC(=O)C(Cc1ccccc1)NC(=O)CC1OC(CO)C(OC(C)=O)C(OC(C)=O)C1OC(C)=O. The number of carbonyl (C=O) groups is 5. The minimum atomic E-state index is -1.36. The first kappa shape index (κ1) is 28.7. The Labute approximate surface area is 208 Å². The molecule has 1 amide bonds. The summed E-state index contributed by atoms with van der Waals surface area (Å²) < 4.78 is 26.4. The minimum absolute atomic E-state index is 0.155. The lowest BCUT2D eigenvalue weighted by atomic mass is 9.92. The maximum Gasteiger partial charge on any atom is 0.328 e. The molecule has 0 spiro atoms. The summed E-state index contributed by atoms with van der Waals surface area (Å²) in [6.45, 7) is 2.66. The second kappa shape index (κ2) is 13.5. The van der Waals surface area contributed by atoms with Crippen molar-refractivity contribution >= 4 is 29.8 Å². The lowest BCUT2D eigenvalue weighted by molar-refractivity contribution is -0.251. The predicted molar refractivity (Wildman–Crippen MR) is 121 cm³/mol. The summed E-state index contributed by atoms with van der Waals surface area (Å²) in [7, 11) is 1.19. The molecule has 1 aromatic carbocycles. The molecule has 12 nitrogen and oxygen atoms in total. The van der Waals surface area contributed by atoms with E-state index in [4.69, 9.17) is 23.7 Å². The number of amides is 1. The summed E-state index contributed by atoms with van der Waals surface area (Å²) >= 11 is 0. The van der Waals surface area contributed by atoms with Crippen LogP contribution < -0.4 is 5.32 Å². The van der Waals surface area contributed by atoms with Gasteiger partial charge < -0.3 is 34.1 Å². The van der Waals surface area contributed by atoms with Crippen molar-refractivity contribution in [2.75, 3.05) is 13.7 Å². The van der Waals surface area contributed by atoms with Gasteiger partial charge >= 0.3 is 23.9 Å². The Kier molecular flexibility index (Phi) is 10.8. The fraction of sp³-hybridized carbons (Fsp3) is 0.542. The minimum Gasteiger partial charge on any atom is -0.467 e. The van der Waals surface area contributed by atoms with Crippen LogP contribution in [0.5, 0.6) is 0 Å². The number of aliphatic hydroxyl groups excluding tert-OH is 1. The van der Waals surface area contributed by atoms with Crippen LogP contribution >= 0.6 is 0 Å². The van der Waals surface area contributed by atoms with Crippen LogP contribution in [0, 0.1) is 0 Å². The standard InChI is InChI=1S/C24H31NO11/c1-13(27)33-21-18(36-19(12-26)22(34-14(2)28)23(21)35-15(3)29)11-20(30)25-17(24(31)32-4)10-16-8-6-5-7-9-16/h5-9,17-19,21-23,26H,10-12H2,1-4H3,(H,25,30). The highest BCUT2D eigenvalue weighted by Gasteiger charge is 2.52. The van der Waals surface area contributed by atoms with Crippen LogP contribution in [0.15, 0.2) is 30.3 Å². The Balaban J connectivity index is 2.28.